The molecule has 5 heteroatoms. The van der Waals surface area contributed by atoms with Crippen LogP contribution in [0, 0.1) is 5.92 Å². The number of carboxylic acids is 1. The second-order valence-corrected chi connectivity index (χ2v) is 7.36. The Bertz CT molecular complexity index is 801. The largest absolute Gasteiger partial charge is 0.477 e. The fourth-order valence-corrected chi connectivity index (χ4v) is 4.68. The fraction of sp³-hybridized carbons (Fsp3) is 0.381. The summed E-state index contributed by atoms with van der Waals surface area (Å²) in [5, 5.41) is 10.2. The van der Waals surface area contributed by atoms with E-state index in [4.69, 9.17) is 21.1 Å². The summed E-state index contributed by atoms with van der Waals surface area (Å²) in [6.07, 6.45) is 3.96. The Balaban J connectivity index is 1.98. The number of benzene rings is 2. The van der Waals surface area contributed by atoms with Crippen LogP contribution in [0.5, 0.6) is 5.75 Å². The van der Waals surface area contributed by atoms with Crippen LogP contribution in [-0.4, -0.2) is 17.4 Å². The van der Waals surface area contributed by atoms with Gasteiger partial charge in [0, 0.05) is 5.56 Å². The van der Waals surface area contributed by atoms with Crippen molar-refractivity contribution in [1.29, 1.82) is 0 Å². The Morgan fingerprint density at radius 3 is 2.46 bits per heavy atom. The van der Waals surface area contributed by atoms with Crippen molar-refractivity contribution in [3.05, 3.63) is 64.7 Å². The average Bonchev–Trinajstić information content (AvgIpc) is 2.68. The Labute approximate surface area is 157 Å². The quantitative estimate of drug-likeness (QED) is 0.825. The zero-order chi connectivity index (χ0) is 18.1. The van der Waals surface area contributed by atoms with Crippen LogP contribution in [0.2, 0.25) is 5.02 Å². The van der Waals surface area contributed by atoms with Gasteiger partial charge in [-0.3, -0.25) is 0 Å². The topological polar surface area (TPSA) is 55.8 Å². The number of ether oxygens (including phenoxy) is 2. The summed E-state index contributed by atoms with van der Waals surface area (Å²) < 4.78 is 11.9. The normalized spacial score (nSPS) is 26.0. The maximum atomic E-state index is 11.8. The summed E-state index contributed by atoms with van der Waals surface area (Å²) in [5.74, 6) is -0.500. The molecule has 0 radical (unpaired) electrons. The van der Waals surface area contributed by atoms with E-state index in [0.29, 0.717) is 10.8 Å². The molecule has 1 aliphatic carbocycles. The third-order valence-corrected chi connectivity index (χ3v) is 5.77. The lowest BCUT2D eigenvalue weighted by Crippen LogP contribution is -2.50. The monoisotopic (exact) mass is 372 g/mol. The van der Waals surface area contributed by atoms with Crippen LogP contribution in [-0.2, 0) is 15.1 Å². The molecule has 1 saturated carbocycles. The second-order valence-electron chi connectivity index (χ2n) is 6.96. The number of hydrogen-bond donors (Lipinski definition) is 1. The Kier molecular flexibility index (Phi) is 4.63. The molecule has 0 amide bonds. The standard InChI is InChI=1S/C21H21ClO4/c22-16-12-7-13-17-18(16)21(14-8-3-1-4-9-14,15-10-5-2-6-11-15)26-20(25-17)19(23)24/h1,3-4,7-9,12-13,15,20H,2,5-6,10-11H2,(H,23,24). The average molecular weight is 373 g/mol. The highest BCUT2D eigenvalue weighted by molar-refractivity contribution is 6.31. The molecule has 0 bridgehead atoms. The number of hydrogen-bond acceptors (Lipinski definition) is 3. The molecular formula is C21H21ClO4. The van der Waals surface area contributed by atoms with Crippen molar-refractivity contribution < 1.29 is 19.4 Å². The molecule has 0 spiro atoms. The van der Waals surface area contributed by atoms with E-state index >= 15 is 0 Å². The zero-order valence-electron chi connectivity index (χ0n) is 14.4. The van der Waals surface area contributed by atoms with Gasteiger partial charge in [-0.15, -0.1) is 0 Å². The molecule has 4 rings (SSSR count). The van der Waals surface area contributed by atoms with Gasteiger partial charge in [-0.05, 0) is 36.5 Å². The van der Waals surface area contributed by atoms with Gasteiger partial charge in [0.05, 0.1) is 5.02 Å². The third-order valence-electron chi connectivity index (χ3n) is 5.46. The second kappa shape index (κ2) is 6.93. The van der Waals surface area contributed by atoms with E-state index in [9.17, 15) is 9.90 Å². The molecule has 0 saturated heterocycles. The summed E-state index contributed by atoms with van der Waals surface area (Å²) in [4.78, 5) is 11.8. The summed E-state index contributed by atoms with van der Waals surface area (Å²) in [6.45, 7) is 0. The van der Waals surface area contributed by atoms with Crippen molar-refractivity contribution in [2.24, 2.45) is 5.92 Å². The maximum Gasteiger partial charge on any atom is 0.373 e. The molecule has 4 nitrogen and oxygen atoms in total. The van der Waals surface area contributed by atoms with Crippen LogP contribution in [0.3, 0.4) is 0 Å². The molecule has 2 unspecified atom stereocenters. The van der Waals surface area contributed by atoms with Gasteiger partial charge < -0.3 is 14.6 Å². The van der Waals surface area contributed by atoms with E-state index in [1.165, 1.54) is 6.42 Å². The first-order valence-electron chi connectivity index (χ1n) is 9.04. The van der Waals surface area contributed by atoms with Gasteiger partial charge in [0.25, 0.3) is 6.29 Å². The molecule has 1 heterocycles. The highest BCUT2D eigenvalue weighted by Gasteiger charge is 2.52. The molecule has 2 atom stereocenters. The minimum Gasteiger partial charge on any atom is -0.477 e. The Hall–Kier alpha value is -2.04. The van der Waals surface area contributed by atoms with Crippen molar-refractivity contribution in [1.82, 2.24) is 0 Å². The molecule has 1 aliphatic heterocycles. The lowest BCUT2D eigenvalue weighted by molar-refractivity contribution is -0.218. The van der Waals surface area contributed by atoms with E-state index in [1.54, 1.807) is 12.1 Å². The highest BCUT2D eigenvalue weighted by Crippen LogP contribution is 2.54. The van der Waals surface area contributed by atoms with Crippen LogP contribution in [0.15, 0.2) is 48.5 Å². The predicted octanol–water partition coefficient (Wildman–Crippen LogP) is 4.98. The summed E-state index contributed by atoms with van der Waals surface area (Å²) in [6, 6.07) is 15.2. The van der Waals surface area contributed by atoms with E-state index in [0.717, 1.165) is 36.8 Å². The van der Waals surface area contributed by atoms with Gasteiger partial charge in [-0.2, -0.15) is 0 Å². The summed E-state index contributed by atoms with van der Waals surface area (Å²) >= 11 is 6.62. The molecule has 2 aliphatic rings. The van der Waals surface area contributed by atoms with Gasteiger partial charge in [0.2, 0.25) is 0 Å². The number of carbonyl (C=O) groups is 1. The lowest BCUT2D eigenvalue weighted by Gasteiger charge is -2.48. The van der Waals surface area contributed by atoms with Crippen molar-refractivity contribution >= 4 is 17.6 Å². The molecule has 136 valence electrons. The lowest BCUT2D eigenvalue weighted by atomic mass is 9.69. The smallest absolute Gasteiger partial charge is 0.373 e. The van der Waals surface area contributed by atoms with Gasteiger partial charge in [-0.1, -0.05) is 67.3 Å². The van der Waals surface area contributed by atoms with Gasteiger partial charge in [0.15, 0.2) is 0 Å². The van der Waals surface area contributed by atoms with Crippen molar-refractivity contribution in [2.75, 3.05) is 0 Å². The minimum absolute atomic E-state index is 0.142. The van der Waals surface area contributed by atoms with Crippen molar-refractivity contribution in [3.63, 3.8) is 0 Å². The zero-order valence-corrected chi connectivity index (χ0v) is 15.1. The highest BCUT2D eigenvalue weighted by atomic mass is 35.5. The van der Waals surface area contributed by atoms with Gasteiger partial charge in [-0.25, -0.2) is 4.79 Å². The van der Waals surface area contributed by atoms with Crippen LogP contribution in [0.4, 0.5) is 0 Å². The maximum absolute atomic E-state index is 11.8. The Morgan fingerprint density at radius 2 is 1.77 bits per heavy atom. The summed E-state index contributed by atoms with van der Waals surface area (Å²) in [5.41, 5.74) is 0.754. The molecule has 2 aromatic rings. The first kappa shape index (κ1) is 17.4. The fourth-order valence-electron chi connectivity index (χ4n) is 4.37. The SMILES string of the molecule is O=C(O)C1Oc2cccc(Cl)c2C(c2ccccc2)(C2CCCCC2)O1. The van der Waals surface area contributed by atoms with Crippen LogP contribution in [0.25, 0.3) is 0 Å². The van der Waals surface area contributed by atoms with Gasteiger partial charge >= 0.3 is 5.97 Å². The van der Waals surface area contributed by atoms with E-state index in [1.807, 2.05) is 36.4 Å². The summed E-state index contributed by atoms with van der Waals surface area (Å²) in [7, 11) is 0. The molecule has 1 N–H and O–H groups in total. The Morgan fingerprint density at radius 1 is 1.04 bits per heavy atom. The van der Waals surface area contributed by atoms with E-state index < -0.39 is 17.9 Å². The first-order valence-corrected chi connectivity index (χ1v) is 9.42. The molecule has 0 aromatic heterocycles. The van der Waals surface area contributed by atoms with Crippen LogP contribution >= 0.6 is 11.6 Å². The molecule has 2 aromatic carbocycles. The van der Waals surface area contributed by atoms with Crippen LogP contribution < -0.4 is 4.74 Å². The number of rotatable bonds is 3. The van der Waals surface area contributed by atoms with Crippen LogP contribution in [0.1, 0.15) is 43.2 Å². The third kappa shape index (κ3) is 2.78. The van der Waals surface area contributed by atoms with Crippen molar-refractivity contribution in [2.45, 2.75) is 44.0 Å². The van der Waals surface area contributed by atoms with E-state index in [2.05, 4.69) is 0 Å². The number of halogens is 1. The molecule has 1 fully saturated rings. The number of aliphatic carboxylic acids is 1. The molecular weight excluding hydrogens is 352 g/mol. The number of carboxylic acid groups (broad SMARTS) is 1. The first-order chi connectivity index (χ1) is 12.6. The van der Waals surface area contributed by atoms with E-state index in [-0.39, 0.29) is 5.92 Å². The minimum atomic E-state index is -1.36. The number of fused-ring (bicyclic) bond motifs is 1. The molecule has 26 heavy (non-hydrogen) atoms. The predicted molar refractivity (Wildman–Crippen MR) is 98.4 cm³/mol. The van der Waals surface area contributed by atoms with Crippen molar-refractivity contribution in [3.8, 4) is 5.75 Å². The van der Waals surface area contributed by atoms with Gasteiger partial charge in [0.1, 0.15) is 11.4 Å².